The van der Waals surface area contributed by atoms with Crippen molar-refractivity contribution in [3.8, 4) is 0 Å². The molecule has 0 aliphatic carbocycles. The molecule has 1 N–H and O–H groups in total. The van der Waals surface area contributed by atoms with Gasteiger partial charge in [0, 0.05) is 6.61 Å². The molecular weight excluding hydrogens is 204 g/mol. The van der Waals surface area contributed by atoms with Crippen molar-refractivity contribution >= 4 is 15.9 Å². The molecule has 2 heteroatoms. The average Bonchev–Trinajstić information content (AvgIpc) is 2.00. The van der Waals surface area contributed by atoms with Crippen LogP contribution in [0.3, 0.4) is 0 Å². The molecule has 11 heavy (non-hydrogen) atoms. The minimum Gasteiger partial charge on any atom is -0.396 e. The first-order valence-electron chi connectivity index (χ1n) is 3.85. The summed E-state index contributed by atoms with van der Waals surface area (Å²) in [5.41, 5.74) is 1.08. The molecule has 64 valence electrons. The molecular formula is C9H15BrO. The normalized spacial score (nSPS) is 11.7. The summed E-state index contributed by atoms with van der Waals surface area (Å²) < 4.78 is 1.17. The fourth-order valence-corrected chi connectivity index (χ4v) is 1.03. The first kappa shape index (κ1) is 10.9. The minimum atomic E-state index is 0.247. The van der Waals surface area contributed by atoms with E-state index in [0.29, 0.717) is 0 Å². The van der Waals surface area contributed by atoms with Crippen LogP contribution in [0.15, 0.2) is 22.7 Å². The highest BCUT2D eigenvalue weighted by Crippen LogP contribution is 2.14. The third kappa shape index (κ3) is 6.32. The third-order valence-corrected chi connectivity index (χ3v) is 2.14. The van der Waals surface area contributed by atoms with Crippen molar-refractivity contribution in [3.63, 3.8) is 0 Å². The molecule has 0 atom stereocenters. The van der Waals surface area contributed by atoms with Gasteiger partial charge in [0.1, 0.15) is 0 Å². The smallest absolute Gasteiger partial charge is 0.0434 e. The van der Waals surface area contributed by atoms with E-state index in [0.717, 1.165) is 24.8 Å². The van der Waals surface area contributed by atoms with Crippen LogP contribution in [0.5, 0.6) is 0 Å². The van der Waals surface area contributed by atoms with Crippen LogP contribution in [0.2, 0.25) is 0 Å². The van der Waals surface area contributed by atoms with Gasteiger partial charge in [-0.25, -0.2) is 0 Å². The maximum Gasteiger partial charge on any atom is 0.0434 e. The van der Waals surface area contributed by atoms with Gasteiger partial charge in [0.15, 0.2) is 0 Å². The Morgan fingerprint density at radius 2 is 2.27 bits per heavy atom. The predicted octanol–water partition coefficient (Wildman–Crippen LogP) is 3.00. The highest BCUT2D eigenvalue weighted by molar-refractivity contribution is 9.11. The van der Waals surface area contributed by atoms with Crippen molar-refractivity contribution in [1.82, 2.24) is 0 Å². The first-order valence-corrected chi connectivity index (χ1v) is 4.64. The Kier molecular flexibility index (Phi) is 6.57. The summed E-state index contributed by atoms with van der Waals surface area (Å²) in [6.45, 7) is 6.19. The number of hydrogen-bond donors (Lipinski definition) is 1. The Morgan fingerprint density at radius 1 is 1.64 bits per heavy atom. The molecule has 0 amide bonds. The van der Waals surface area contributed by atoms with Gasteiger partial charge >= 0.3 is 0 Å². The van der Waals surface area contributed by atoms with E-state index >= 15 is 0 Å². The molecule has 1 nitrogen and oxygen atoms in total. The van der Waals surface area contributed by atoms with Crippen molar-refractivity contribution < 1.29 is 5.11 Å². The van der Waals surface area contributed by atoms with Crippen molar-refractivity contribution in [2.45, 2.75) is 26.2 Å². The van der Waals surface area contributed by atoms with E-state index in [-0.39, 0.29) is 6.61 Å². The topological polar surface area (TPSA) is 20.2 Å². The van der Waals surface area contributed by atoms with Crippen LogP contribution in [-0.4, -0.2) is 11.7 Å². The largest absolute Gasteiger partial charge is 0.396 e. The highest BCUT2D eigenvalue weighted by atomic mass is 79.9. The van der Waals surface area contributed by atoms with E-state index in [1.165, 1.54) is 4.48 Å². The molecule has 0 aliphatic heterocycles. The Morgan fingerprint density at radius 3 is 2.73 bits per heavy atom. The lowest BCUT2D eigenvalue weighted by Crippen LogP contribution is -1.84. The number of halogens is 1. The van der Waals surface area contributed by atoms with Gasteiger partial charge < -0.3 is 5.11 Å². The number of rotatable bonds is 5. The predicted molar refractivity (Wildman–Crippen MR) is 52.8 cm³/mol. The zero-order valence-corrected chi connectivity index (χ0v) is 8.52. The zero-order valence-electron chi connectivity index (χ0n) is 6.94. The van der Waals surface area contributed by atoms with E-state index in [4.69, 9.17) is 5.11 Å². The standard InChI is InChI=1S/C9H15BrO/c1-3-9(10)7-8(2)5-4-6-11/h7,11H,2-6H2,1H3/b9-7+. The zero-order chi connectivity index (χ0) is 8.69. The van der Waals surface area contributed by atoms with Gasteiger partial charge in [-0.2, -0.15) is 0 Å². The van der Waals surface area contributed by atoms with Gasteiger partial charge in [-0.05, 0) is 29.8 Å². The monoisotopic (exact) mass is 218 g/mol. The molecule has 0 saturated heterocycles. The average molecular weight is 219 g/mol. The molecule has 0 unspecified atom stereocenters. The minimum absolute atomic E-state index is 0.247. The SMILES string of the molecule is C=C(/C=C(/Br)CC)CCCO. The lowest BCUT2D eigenvalue weighted by Gasteiger charge is -1.98. The second kappa shape index (κ2) is 6.62. The van der Waals surface area contributed by atoms with Gasteiger partial charge in [-0.15, -0.1) is 0 Å². The second-order valence-electron chi connectivity index (χ2n) is 2.43. The molecule has 0 rings (SSSR count). The molecule has 0 aromatic heterocycles. The van der Waals surface area contributed by atoms with Crippen molar-refractivity contribution in [1.29, 1.82) is 0 Å². The summed E-state index contributed by atoms with van der Waals surface area (Å²) in [6.07, 6.45) is 4.71. The number of aliphatic hydroxyl groups excluding tert-OH is 1. The Balaban J connectivity index is 3.67. The van der Waals surface area contributed by atoms with E-state index in [1.54, 1.807) is 0 Å². The van der Waals surface area contributed by atoms with Crippen LogP contribution in [0, 0.1) is 0 Å². The van der Waals surface area contributed by atoms with Gasteiger partial charge in [-0.3, -0.25) is 0 Å². The Labute approximate surface area is 76.9 Å². The molecule has 0 spiro atoms. The highest BCUT2D eigenvalue weighted by Gasteiger charge is 1.91. The van der Waals surface area contributed by atoms with Crippen molar-refractivity contribution in [2.75, 3.05) is 6.61 Å². The summed E-state index contributed by atoms with van der Waals surface area (Å²) in [7, 11) is 0. The molecule has 0 aliphatic rings. The summed E-state index contributed by atoms with van der Waals surface area (Å²) in [5, 5.41) is 8.53. The summed E-state index contributed by atoms with van der Waals surface area (Å²) in [5.74, 6) is 0. The lowest BCUT2D eigenvalue weighted by molar-refractivity contribution is 0.289. The maximum absolute atomic E-state index is 8.53. The Hall–Kier alpha value is -0.0800. The van der Waals surface area contributed by atoms with Gasteiger partial charge in [-0.1, -0.05) is 35.0 Å². The molecule has 0 heterocycles. The van der Waals surface area contributed by atoms with E-state index in [9.17, 15) is 0 Å². The lowest BCUT2D eigenvalue weighted by atomic mass is 10.1. The summed E-state index contributed by atoms with van der Waals surface area (Å²) in [6, 6.07) is 0. The van der Waals surface area contributed by atoms with Crippen LogP contribution >= 0.6 is 15.9 Å². The van der Waals surface area contributed by atoms with Crippen LogP contribution in [0.25, 0.3) is 0 Å². The molecule has 0 aromatic rings. The fraction of sp³-hybridized carbons (Fsp3) is 0.556. The second-order valence-corrected chi connectivity index (χ2v) is 3.45. The van der Waals surface area contributed by atoms with Crippen LogP contribution in [0.1, 0.15) is 26.2 Å². The van der Waals surface area contributed by atoms with Crippen LogP contribution < -0.4 is 0 Å². The van der Waals surface area contributed by atoms with Crippen LogP contribution in [0.4, 0.5) is 0 Å². The Bertz CT molecular complexity index is 150. The van der Waals surface area contributed by atoms with E-state index in [2.05, 4.69) is 29.4 Å². The fourth-order valence-electron chi connectivity index (χ4n) is 0.702. The summed E-state index contributed by atoms with van der Waals surface area (Å²) >= 11 is 3.41. The van der Waals surface area contributed by atoms with Crippen molar-refractivity contribution in [2.24, 2.45) is 0 Å². The quantitative estimate of drug-likeness (QED) is 0.704. The van der Waals surface area contributed by atoms with E-state index in [1.807, 2.05) is 6.08 Å². The van der Waals surface area contributed by atoms with Gasteiger partial charge in [0.2, 0.25) is 0 Å². The molecule has 0 saturated carbocycles. The molecule has 0 radical (unpaired) electrons. The number of hydrogen-bond acceptors (Lipinski definition) is 1. The summed E-state index contributed by atoms with van der Waals surface area (Å²) in [4.78, 5) is 0. The molecule has 0 fully saturated rings. The van der Waals surface area contributed by atoms with E-state index < -0.39 is 0 Å². The number of aliphatic hydroxyl groups is 1. The van der Waals surface area contributed by atoms with Gasteiger partial charge in [0.25, 0.3) is 0 Å². The first-order chi connectivity index (χ1) is 5.20. The molecule has 0 bridgehead atoms. The van der Waals surface area contributed by atoms with Crippen molar-refractivity contribution in [3.05, 3.63) is 22.7 Å². The van der Waals surface area contributed by atoms with Gasteiger partial charge in [0.05, 0.1) is 0 Å². The number of allylic oxidation sites excluding steroid dienone is 3. The molecule has 0 aromatic carbocycles. The van der Waals surface area contributed by atoms with Crippen LogP contribution in [-0.2, 0) is 0 Å². The maximum atomic E-state index is 8.53. The third-order valence-electron chi connectivity index (χ3n) is 1.35.